The Bertz CT molecular complexity index is 814. The van der Waals surface area contributed by atoms with E-state index in [1.807, 2.05) is 18.2 Å². The van der Waals surface area contributed by atoms with Gasteiger partial charge < -0.3 is 9.47 Å². The van der Waals surface area contributed by atoms with E-state index in [9.17, 15) is 4.79 Å². The van der Waals surface area contributed by atoms with Gasteiger partial charge in [-0.15, -0.1) is 22.7 Å². The van der Waals surface area contributed by atoms with E-state index in [1.165, 1.54) is 39.5 Å². The van der Waals surface area contributed by atoms with Gasteiger partial charge in [0.25, 0.3) is 0 Å². The van der Waals surface area contributed by atoms with Crippen molar-refractivity contribution in [1.82, 2.24) is 0 Å². The van der Waals surface area contributed by atoms with Crippen molar-refractivity contribution in [2.24, 2.45) is 0 Å². The van der Waals surface area contributed by atoms with Gasteiger partial charge in [-0.3, -0.25) is 0 Å². The van der Waals surface area contributed by atoms with Gasteiger partial charge in [0, 0.05) is 10.3 Å². The number of rotatable bonds is 9. The standard InChI is InChI=1S/C21H24O3S2/c1-3-5-6-7-18-13-15-14-19(26-21(15)25-18)20(22)24-17-10-8-16(9-11-17)23-12-4-2/h8-11,13-14H,3-7,12H2,1-2H3. The van der Waals surface area contributed by atoms with Crippen LogP contribution in [0.5, 0.6) is 11.5 Å². The van der Waals surface area contributed by atoms with Crippen molar-refractivity contribution in [1.29, 1.82) is 0 Å². The number of benzene rings is 1. The Morgan fingerprint density at radius 1 is 0.962 bits per heavy atom. The summed E-state index contributed by atoms with van der Waals surface area (Å²) in [7, 11) is 0. The third kappa shape index (κ3) is 4.86. The molecule has 0 unspecified atom stereocenters. The van der Waals surface area contributed by atoms with Gasteiger partial charge in [0.1, 0.15) is 16.4 Å². The van der Waals surface area contributed by atoms with Crippen LogP contribution in [-0.4, -0.2) is 12.6 Å². The summed E-state index contributed by atoms with van der Waals surface area (Å²) in [5.74, 6) is 1.03. The summed E-state index contributed by atoms with van der Waals surface area (Å²) in [6, 6.07) is 11.3. The second-order valence-electron chi connectivity index (χ2n) is 6.23. The molecule has 1 aromatic carbocycles. The zero-order valence-corrected chi connectivity index (χ0v) is 16.9. The van der Waals surface area contributed by atoms with Crippen LogP contribution < -0.4 is 9.47 Å². The highest BCUT2D eigenvalue weighted by Crippen LogP contribution is 2.35. The molecule has 0 saturated heterocycles. The van der Waals surface area contributed by atoms with Crippen molar-refractivity contribution >= 4 is 38.0 Å². The molecule has 2 aromatic heterocycles. The highest BCUT2D eigenvalue weighted by molar-refractivity contribution is 7.39. The monoisotopic (exact) mass is 388 g/mol. The minimum absolute atomic E-state index is 0.298. The van der Waals surface area contributed by atoms with E-state index in [4.69, 9.17) is 9.47 Å². The number of ether oxygens (including phenoxy) is 2. The van der Waals surface area contributed by atoms with Crippen LogP contribution in [0.3, 0.4) is 0 Å². The van der Waals surface area contributed by atoms with Crippen LogP contribution in [0.15, 0.2) is 36.4 Å². The Labute approximate surface area is 162 Å². The summed E-state index contributed by atoms with van der Waals surface area (Å²) < 4.78 is 12.2. The van der Waals surface area contributed by atoms with Gasteiger partial charge in [-0.1, -0.05) is 26.7 Å². The van der Waals surface area contributed by atoms with Gasteiger partial charge in [-0.25, -0.2) is 4.79 Å². The number of carbonyl (C=O) groups excluding carboxylic acids is 1. The second-order valence-corrected chi connectivity index (χ2v) is 8.68. The predicted molar refractivity (Wildman–Crippen MR) is 110 cm³/mol. The first kappa shape index (κ1) is 18.9. The Balaban J connectivity index is 1.61. The minimum Gasteiger partial charge on any atom is -0.494 e. The van der Waals surface area contributed by atoms with E-state index >= 15 is 0 Å². The van der Waals surface area contributed by atoms with Gasteiger partial charge in [-0.2, -0.15) is 0 Å². The largest absolute Gasteiger partial charge is 0.494 e. The van der Waals surface area contributed by atoms with Crippen LogP contribution in [0.2, 0.25) is 0 Å². The lowest BCUT2D eigenvalue weighted by Gasteiger charge is -2.06. The average Bonchev–Trinajstić information content (AvgIpc) is 3.20. The molecule has 0 N–H and O–H groups in total. The zero-order valence-electron chi connectivity index (χ0n) is 15.2. The van der Waals surface area contributed by atoms with Gasteiger partial charge >= 0.3 is 5.97 Å². The molecule has 2 heterocycles. The van der Waals surface area contributed by atoms with E-state index in [1.54, 1.807) is 23.5 Å². The van der Waals surface area contributed by atoms with Gasteiger partial charge in [-0.05, 0) is 55.7 Å². The maximum absolute atomic E-state index is 12.4. The van der Waals surface area contributed by atoms with Crippen LogP contribution in [0.4, 0.5) is 0 Å². The summed E-state index contributed by atoms with van der Waals surface area (Å²) in [5.41, 5.74) is 0. The van der Waals surface area contributed by atoms with Crippen molar-refractivity contribution in [3.05, 3.63) is 46.2 Å². The summed E-state index contributed by atoms with van der Waals surface area (Å²) in [4.78, 5) is 14.5. The van der Waals surface area contributed by atoms with Crippen LogP contribution in [0.1, 0.15) is 54.1 Å². The van der Waals surface area contributed by atoms with Gasteiger partial charge in [0.15, 0.2) is 0 Å². The van der Waals surface area contributed by atoms with Crippen LogP contribution in [-0.2, 0) is 6.42 Å². The lowest BCUT2D eigenvalue weighted by molar-refractivity contribution is 0.0739. The molecule has 0 aliphatic heterocycles. The molecule has 0 amide bonds. The van der Waals surface area contributed by atoms with E-state index in [-0.39, 0.29) is 5.97 Å². The van der Waals surface area contributed by atoms with Gasteiger partial charge in [0.2, 0.25) is 0 Å². The maximum Gasteiger partial charge on any atom is 0.353 e. The maximum atomic E-state index is 12.4. The van der Waals surface area contributed by atoms with E-state index in [0.717, 1.165) is 24.0 Å². The fourth-order valence-electron chi connectivity index (χ4n) is 2.64. The molecular formula is C21H24O3S2. The number of hydrogen-bond donors (Lipinski definition) is 0. The lowest BCUT2D eigenvalue weighted by atomic mass is 10.2. The summed E-state index contributed by atoms with van der Waals surface area (Å²) >= 11 is 3.31. The molecule has 5 heteroatoms. The Hall–Kier alpha value is -1.85. The number of unbranched alkanes of at least 4 members (excludes halogenated alkanes) is 2. The quantitative estimate of drug-likeness (QED) is 0.232. The van der Waals surface area contributed by atoms with Crippen molar-refractivity contribution < 1.29 is 14.3 Å². The summed E-state index contributed by atoms with van der Waals surface area (Å²) in [5, 5.41) is 1.15. The first-order valence-electron chi connectivity index (χ1n) is 9.17. The molecule has 0 radical (unpaired) electrons. The van der Waals surface area contributed by atoms with Crippen molar-refractivity contribution in [2.45, 2.75) is 46.0 Å². The fourth-order valence-corrected chi connectivity index (χ4v) is 5.05. The molecule has 0 fully saturated rings. The highest BCUT2D eigenvalue weighted by atomic mass is 32.2. The number of esters is 1. The molecular weight excluding hydrogens is 364 g/mol. The summed E-state index contributed by atoms with van der Waals surface area (Å²) in [6.07, 6.45) is 5.84. The van der Waals surface area contributed by atoms with Crippen LogP contribution >= 0.6 is 22.7 Å². The first-order chi connectivity index (χ1) is 12.7. The van der Waals surface area contributed by atoms with E-state index in [0.29, 0.717) is 17.2 Å². The number of thiophene rings is 2. The third-order valence-corrected chi connectivity index (χ3v) is 6.43. The second kappa shape index (κ2) is 9.19. The molecule has 3 rings (SSSR count). The number of hydrogen-bond acceptors (Lipinski definition) is 5. The molecule has 26 heavy (non-hydrogen) atoms. The number of aryl methyl sites for hydroxylation is 1. The fraction of sp³-hybridized carbons (Fsp3) is 0.381. The zero-order chi connectivity index (χ0) is 18.4. The van der Waals surface area contributed by atoms with E-state index < -0.39 is 0 Å². The molecule has 3 aromatic rings. The normalized spacial score (nSPS) is 11.0. The smallest absolute Gasteiger partial charge is 0.353 e. The molecule has 138 valence electrons. The SMILES string of the molecule is CCCCCc1cc2cc(C(=O)Oc3ccc(OCCC)cc3)sc2s1. The third-order valence-electron chi connectivity index (χ3n) is 4.00. The van der Waals surface area contributed by atoms with E-state index in [2.05, 4.69) is 19.9 Å². The molecule has 0 spiro atoms. The van der Waals surface area contributed by atoms with Crippen molar-refractivity contribution in [3.63, 3.8) is 0 Å². The number of carbonyl (C=O) groups is 1. The Morgan fingerprint density at radius 3 is 2.42 bits per heavy atom. The summed E-state index contributed by atoms with van der Waals surface area (Å²) in [6.45, 7) is 4.97. The van der Waals surface area contributed by atoms with Crippen molar-refractivity contribution in [3.8, 4) is 11.5 Å². The first-order valence-corrected chi connectivity index (χ1v) is 10.8. The topological polar surface area (TPSA) is 35.5 Å². The number of fused-ring (bicyclic) bond motifs is 1. The lowest BCUT2D eigenvalue weighted by Crippen LogP contribution is -2.06. The minimum atomic E-state index is -0.298. The van der Waals surface area contributed by atoms with Gasteiger partial charge in [0.05, 0.1) is 10.6 Å². The molecule has 0 aliphatic rings. The van der Waals surface area contributed by atoms with Crippen LogP contribution in [0.25, 0.3) is 9.40 Å². The highest BCUT2D eigenvalue weighted by Gasteiger charge is 2.15. The predicted octanol–water partition coefficient (Wildman–Crippen LogP) is 6.70. The molecule has 0 aliphatic carbocycles. The Kier molecular flexibility index (Phi) is 6.69. The molecule has 3 nitrogen and oxygen atoms in total. The average molecular weight is 389 g/mol. The Morgan fingerprint density at radius 2 is 1.73 bits per heavy atom. The molecule has 0 atom stereocenters. The molecule has 0 saturated carbocycles. The van der Waals surface area contributed by atoms with Crippen LogP contribution in [0, 0.1) is 0 Å². The molecule has 0 bridgehead atoms. The van der Waals surface area contributed by atoms with Crippen molar-refractivity contribution in [2.75, 3.05) is 6.61 Å².